The first-order valence-electron chi connectivity index (χ1n) is 11.2. The van der Waals surface area contributed by atoms with Gasteiger partial charge in [0.1, 0.15) is 4.21 Å². The molecule has 1 saturated heterocycles. The number of amides is 2. The molecule has 1 aromatic heterocycles. The molecule has 0 spiro atoms. The summed E-state index contributed by atoms with van der Waals surface area (Å²) >= 11 is 1.06. The number of rotatable bonds is 8. The summed E-state index contributed by atoms with van der Waals surface area (Å²) < 4.78 is 27.7. The fourth-order valence-electron chi connectivity index (χ4n) is 4.77. The number of carbonyl (C=O) groups is 3. The van der Waals surface area contributed by atoms with E-state index < -0.39 is 34.1 Å². The van der Waals surface area contributed by atoms with Crippen molar-refractivity contribution in [2.75, 3.05) is 13.1 Å². The van der Waals surface area contributed by atoms with Gasteiger partial charge in [0.15, 0.2) is 6.17 Å². The molecule has 32 heavy (non-hydrogen) atoms. The van der Waals surface area contributed by atoms with Gasteiger partial charge >= 0.3 is 5.97 Å². The molecule has 2 aliphatic carbocycles. The lowest BCUT2D eigenvalue weighted by atomic mass is 9.82. The van der Waals surface area contributed by atoms with Crippen LogP contribution in [0.25, 0.3) is 0 Å². The van der Waals surface area contributed by atoms with Gasteiger partial charge in [-0.15, -0.1) is 11.3 Å². The van der Waals surface area contributed by atoms with Crippen LogP contribution in [0.5, 0.6) is 0 Å². The molecular weight excluding hydrogens is 454 g/mol. The first-order valence-corrected chi connectivity index (χ1v) is 13.5. The highest BCUT2D eigenvalue weighted by molar-refractivity contribution is 7.91. The number of carboxylic acids is 1. The molecule has 2 atom stereocenters. The van der Waals surface area contributed by atoms with Crippen molar-refractivity contribution >= 4 is 39.1 Å². The quantitative estimate of drug-likeness (QED) is 0.582. The Morgan fingerprint density at radius 3 is 2.44 bits per heavy atom. The van der Waals surface area contributed by atoms with E-state index in [2.05, 4.69) is 5.32 Å². The highest BCUT2D eigenvalue weighted by atomic mass is 32.2. The zero-order chi connectivity index (χ0) is 22.9. The Kier molecular flexibility index (Phi) is 6.87. The minimum Gasteiger partial charge on any atom is -0.481 e. The average molecular weight is 484 g/mol. The number of nitrogens with one attached hydrogen (secondary N) is 1. The van der Waals surface area contributed by atoms with Crippen molar-refractivity contribution in [2.45, 2.75) is 67.8 Å². The number of nitrogens with zero attached hydrogens (tertiary/aromatic N) is 2. The van der Waals surface area contributed by atoms with Crippen LogP contribution < -0.4 is 5.32 Å². The predicted molar refractivity (Wildman–Crippen MR) is 117 cm³/mol. The van der Waals surface area contributed by atoms with Crippen LogP contribution >= 0.6 is 11.3 Å². The molecule has 9 nitrogen and oxygen atoms in total. The molecule has 4 rings (SSSR count). The largest absolute Gasteiger partial charge is 0.481 e. The number of thiophene rings is 1. The van der Waals surface area contributed by atoms with Crippen LogP contribution in [-0.2, 0) is 24.4 Å². The topological polar surface area (TPSA) is 124 Å². The fraction of sp³-hybridized carbons (Fsp3) is 0.667. The smallest absolute Gasteiger partial charge is 0.305 e. The third-order valence-corrected chi connectivity index (χ3v) is 9.80. The molecule has 176 valence electrons. The summed E-state index contributed by atoms with van der Waals surface area (Å²) in [6.07, 6.45) is 4.65. The molecule has 2 saturated carbocycles. The van der Waals surface area contributed by atoms with E-state index >= 15 is 0 Å². The maximum Gasteiger partial charge on any atom is 0.305 e. The Hall–Kier alpha value is -1.98. The predicted octanol–water partition coefficient (Wildman–Crippen LogP) is 1.86. The molecule has 0 radical (unpaired) electrons. The first kappa shape index (κ1) is 23.2. The van der Waals surface area contributed by atoms with Crippen molar-refractivity contribution in [3.63, 3.8) is 0 Å². The second kappa shape index (κ2) is 9.48. The standard InChI is InChI=1S/C21H29N3O6S2/c25-17(26)13-16(14-5-2-1-3-6-14)22-19(27)20-23(21(28)15-8-9-15)10-11-24(20)32(29,30)18-7-4-12-31-18/h4,7,12,14-16,20H,1-3,5-6,8-11,13H2,(H,22,27)(H,25,26). The maximum atomic E-state index is 13.5. The molecule has 2 N–H and O–H groups in total. The SMILES string of the molecule is O=C(O)CC(NC(=O)C1N(C(=O)C2CC2)CCN1S(=O)(=O)c1cccs1)C1CCCCC1. The number of carbonyl (C=O) groups excluding carboxylic acids is 2. The lowest BCUT2D eigenvalue weighted by molar-refractivity contribution is -0.143. The van der Waals surface area contributed by atoms with Gasteiger partial charge in [0.05, 0.1) is 6.42 Å². The summed E-state index contributed by atoms with van der Waals surface area (Å²) in [4.78, 5) is 39.2. The third kappa shape index (κ3) is 4.84. The number of hydrogen-bond donors (Lipinski definition) is 2. The van der Waals surface area contributed by atoms with E-state index in [0.29, 0.717) is 0 Å². The van der Waals surface area contributed by atoms with Gasteiger partial charge in [0.2, 0.25) is 5.91 Å². The van der Waals surface area contributed by atoms with Crippen LogP contribution in [0, 0.1) is 11.8 Å². The van der Waals surface area contributed by atoms with E-state index in [0.717, 1.165) is 60.6 Å². The summed E-state index contributed by atoms with van der Waals surface area (Å²) in [5.41, 5.74) is 0. The molecule has 3 aliphatic rings. The number of carboxylic acid groups (broad SMARTS) is 1. The normalized spacial score (nSPS) is 23.8. The van der Waals surface area contributed by atoms with Gasteiger partial charge in [-0.05, 0) is 43.0 Å². The van der Waals surface area contributed by atoms with Crippen molar-refractivity contribution < 1.29 is 27.9 Å². The monoisotopic (exact) mass is 483 g/mol. The van der Waals surface area contributed by atoms with Gasteiger partial charge in [-0.25, -0.2) is 8.42 Å². The van der Waals surface area contributed by atoms with Crippen LogP contribution in [0.1, 0.15) is 51.4 Å². The zero-order valence-electron chi connectivity index (χ0n) is 17.8. The van der Waals surface area contributed by atoms with Gasteiger partial charge in [-0.3, -0.25) is 14.4 Å². The Morgan fingerprint density at radius 2 is 1.84 bits per heavy atom. The van der Waals surface area contributed by atoms with E-state index in [1.807, 2.05) is 0 Å². The van der Waals surface area contributed by atoms with Crippen molar-refractivity contribution in [1.29, 1.82) is 0 Å². The Bertz CT molecular complexity index is 954. The second-order valence-corrected chi connectivity index (χ2v) is 11.9. The summed E-state index contributed by atoms with van der Waals surface area (Å²) in [7, 11) is -3.96. The summed E-state index contributed by atoms with van der Waals surface area (Å²) in [5, 5.41) is 13.9. The van der Waals surface area contributed by atoms with Crippen LogP contribution in [0.4, 0.5) is 0 Å². The van der Waals surface area contributed by atoms with Gasteiger partial charge in [0, 0.05) is 25.0 Å². The van der Waals surface area contributed by atoms with Crippen molar-refractivity contribution in [2.24, 2.45) is 11.8 Å². The zero-order valence-corrected chi connectivity index (χ0v) is 19.4. The van der Waals surface area contributed by atoms with E-state index in [-0.39, 0.29) is 41.5 Å². The lowest BCUT2D eigenvalue weighted by Crippen LogP contribution is -2.57. The minimum absolute atomic E-state index is 0.0279. The highest BCUT2D eigenvalue weighted by Gasteiger charge is 2.49. The Balaban J connectivity index is 1.60. The molecule has 1 aliphatic heterocycles. The fourth-order valence-corrected chi connectivity index (χ4v) is 7.43. The van der Waals surface area contributed by atoms with Crippen molar-refractivity contribution in [3.05, 3.63) is 17.5 Å². The number of aliphatic carboxylic acids is 1. The van der Waals surface area contributed by atoms with Crippen LogP contribution in [0.3, 0.4) is 0 Å². The van der Waals surface area contributed by atoms with Gasteiger partial charge in [0.25, 0.3) is 15.9 Å². The van der Waals surface area contributed by atoms with E-state index in [4.69, 9.17) is 0 Å². The van der Waals surface area contributed by atoms with E-state index in [9.17, 15) is 27.9 Å². The first-order chi connectivity index (χ1) is 15.3. The van der Waals surface area contributed by atoms with Gasteiger partial charge in [-0.1, -0.05) is 25.3 Å². The molecule has 0 bridgehead atoms. The Labute approximate surface area is 191 Å². The van der Waals surface area contributed by atoms with E-state index in [1.54, 1.807) is 11.4 Å². The minimum atomic E-state index is -3.96. The second-order valence-electron chi connectivity index (χ2n) is 8.84. The summed E-state index contributed by atoms with van der Waals surface area (Å²) in [6.45, 7) is 0.175. The highest BCUT2D eigenvalue weighted by Crippen LogP contribution is 2.35. The van der Waals surface area contributed by atoms with Gasteiger partial charge in [-0.2, -0.15) is 4.31 Å². The van der Waals surface area contributed by atoms with E-state index in [1.165, 1.54) is 11.0 Å². The maximum absolute atomic E-state index is 13.5. The molecular formula is C21H29N3O6S2. The molecule has 2 unspecified atom stereocenters. The van der Waals surface area contributed by atoms with Crippen molar-refractivity contribution in [3.8, 4) is 0 Å². The summed E-state index contributed by atoms with van der Waals surface area (Å²) in [5.74, 6) is -1.97. The molecule has 2 amide bonds. The molecule has 0 aromatic carbocycles. The average Bonchev–Trinajstić information content (AvgIpc) is 3.26. The van der Waals surface area contributed by atoms with Crippen LogP contribution in [0.2, 0.25) is 0 Å². The lowest BCUT2D eigenvalue weighted by Gasteiger charge is -2.33. The molecule has 1 aromatic rings. The van der Waals surface area contributed by atoms with Crippen molar-refractivity contribution in [1.82, 2.24) is 14.5 Å². The number of hydrogen-bond acceptors (Lipinski definition) is 6. The summed E-state index contributed by atoms with van der Waals surface area (Å²) in [6, 6.07) is 2.52. The third-order valence-electron chi connectivity index (χ3n) is 6.57. The number of sulfonamides is 1. The van der Waals surface area contributed by atoms with Gasteiger partial charge < -0.3 is 15.3 Å². The molecule has 11 heteroatoms. The van der Waals surface area contributed by atoms with Crippen LogP contribution in [-0.4, -0.2) is 65.8 Å². The molecule has 2 heterocycles. The molecule has 3 fully saturated rings. The van der Waals surface area contributed by atoms with Crippen LogP contribution in [0.15, 0.2) is 21.7 Å². The Morgan fingerprint density at radius 1 is 1.12 bits per heavy atom.